The number of carbonyl (C=O) groups excluding carboxylic acids is 3. The van der Waals surface area contributed by atoms with Crippen LogP contribution in [0.4, 0.5) is 0 Å². The molecular weight excluding hydrogens is 344 g/mol. The summed E-state index contributed by atoms with van der Waals surface area (Å²) >= 11 is 0. The predicted octanol–water partition coefficient (Wildman–Crippen LogP) is 2.99. The van der Waals surface area contributed by atoms with E-state index in [1.807, 2.05) is 13.0 Å². The standard InChI is InChI=1S/C21H18N2O4/c1-14-7-8-17-18(10-14)21(26)23(20(17)25)9-3-6-19(24)27-13-16-5-2-4-15(11-16)12-22/h2,4-5,7-8,10-11H,3,6,9,13H2,1H3. The smallest absolute Gasteiger partial charge is 0.306 e. The lowest BCUT2D eigenvalue weighted by Gasteiger charge is -2.13. The third-order valence-electron chi connectivity index (χ3n) is 4.34. The SMILES string of the molecule is Cc1ccc2c(c1)C(=O)N(CCCC(=O)OCc1cccc(C#N)c1)C2=O. The van der Waals surface area contributed by atoms with Crippen molar-refractivity contribution in [2.45, 2.75) is 26.4 Å². The van der Waals surface area contributed by atoms with E-state index in [4.69, 9.17) is 10.00 Å². The van der Waals surface area contributed by atoms with Gasteiger partial charge in [0, 0.05) is 13.0 Å². The zero-order valence-corrected chi connectivity index (χ0v) is 14.9. The van der Waals surface area contributed by atoms with Gasteiger partial charge >= 0.3 is 5.97 Å². The average Bonchev–Trinajstić information content (AvgIpc) is 2.90. The molecule has 2 aromatic carbocycles. The number of aryl methyl sites for hydroxylation is 1. The summed E-state index contributed by atoms with van der Waals surface area (Å²) in [5.74, 6) is -1.05. The van der Waals surface area contributed by atoms with E-state index >= 15 is 0 Å². The minimum absolute atomic E-state index is 0.0840. The topological polar surface area (TPSA) is 87.5 Å². The van der Waals surface area contributed by atoms with E-state index in [-0.39, 0.29) is 31.4 Å². The monoisotopic (exact) mass is 362 g/mol. The number of rotatable bonds is 6. The van der Waals surface area contributed by atoms with Gasteiger partial charge in [0.15, 0.2) is 0 Å². The summed E-state index contributed by atoms with van der Waals surface area (Å²) in [5, 5.41) is 8.87. The van der Waals surface area contributed by atoms with Gasteiger partial charge < -0.3 is 4.74 Å². The lowest BCUT2D eigenvalue weighted by atomic mass is 10.1. The first-order valence-electron chi connectivity index (χ1n) is 8.61. The maximum Gasteiger partial charge on any atom is 0.306 e. The van der Waals surface area contributed by atoms with Crippen LogP contribution >= 0.6 is 0 Å². The van der Waals surface area contributed by atoms with Crippen molar-refractivity contribution in [2.24, 2.45) is 0 Å². The molecule has 0 aliphatic carbocycles. The lowest BCUT2D eigenvalue weighted by Crippen LogP contribution is -2.31. The van der Waals surface area contributed by atoms with Crippen LogP contribution in [-0.4, -0.2) is 29.2 Å². The molecule has 1 aliphatic rings. The number of hydrogen-bond acceptors (Lipinski definition) is 5. The van der Waals surface area contributed by atoms with Crippen molar-refractivity contribution in [2.75, 3.05) is 6.54 Å². The van der Waals surface area contributed by atoms with Gasteiger partial charge in [0.2, 0.25) is 0 Å². The number of amides is 2. The molecule has 0 atom stereocenters. The number of ether oxygens (including phenoxy) is 1. The zero-order chi connectivity index (χ0) is 19.4. The summed E-state index contributed by atoms with van der Waals surface area (Å²) in [6, 6.07) is 14.0. The molecule has 0 saturated heterocycles. The van der Waals surface area contributed by atoms with Crippen LogP contribution in [0.15, 0.2) is 42.5 Å². The summed E-state index contributed by atoms with van der Waals surface area (Å²) in [6.07, 6.45) is 0.436. The van der Waals surface area contributed by atoms with Gasteiger partial charge in [-0.2, -0.15) is 5.26 Å². The molecule has 27 heavy (non-hydrogen) atoms. The van der Waals surface area contributed by atoms with E-state index in [1.54, 1.807) is 42.5 Å². The van der Waals surface area contributed by atoms with Gasteiger partial charge in [-0.1, -0.05) is 23.8 Å². The third-order valence-corrected chi connectivity index (χ3v) is 4.34. The van der Waals surface area contributed by atoms with Crippen molar-refractivity contribution in [3.63, 3.8) is 0 Å². The number of fused-ring (bicyclic) bond motifs is 1. The van der Waals surface area contributed by atoms with Crippen LogP contribution in [0.25, 0.3) is 0 Å². The molecule has 136 valence electrons. The Bertz CT molecular complexity index is 959. The van der Waals surface area contributed by atoms with Crippen molar-refractivity contribution >= 4 is 17.8 Å². The summed E-state index contributed by atoms with van der Waals surface area (Å²) < 4.78 is 5.19. The number of nitriles is 1. The number of imide groups is 1. The van der Waals surface area contributed by atoms with E-state index in [0.717, 1.165) is 11.1 Å². The van der Waals surface area contributed by atoms with Crippen LogP contribution in [-0.2, 0) is 16.1 Å². The van der Waals surface area contributed by atoms with E-state index in [0.29, 0.717) is 23.1 Å². The quantitative estimate of drug-likeness (QED) is 0.582. The molecule has 6 heteroatoms. The highest BCUT2D eigenvalue weighted by atomic mass is 16.5. The van der Waals surface area contributed by atoms with Crippen molar-refractivity contribution in [1.29, 1.82) is 5.26 Å². The Morgan fingerprint density at radius 3 is 2.67 bits per heavy atom. The molecule has 0 N–H and O–H groups in total. The lowest BCUT2D eigenvalue weighted by molar-refractivity contribution is -0.145. The van der Waals surface area contributed by atoms with Crippen LogP contribution < -0.4 is 0 Å². The molecular formula is C21H18N2O4. The maximum absolute atomic E-state index is 12.4. The number of hydrogen-bond donors (Lipinski definition) is 0. The first-order chi connectivity index (χ1) is 13.0. The van der Waals surface area contributed by atoms with E-state index in [2.05, 4.69) is 0 Å². The maximum atomic E-state index is 12.4. The molecule has 0 bridgehead atoms. The number of carbonyl (C=O) groups is 3. The van der Waals surface area contributed by atoms with Gasteiger partial charge in [0.1, 0.15) is 6.61 Å². The molecule has 1 heterocycles. The molecule has 3 rings (SSSR count). The first kappa shape index (κ1) is 18.3. The average molecular weight is 362 g/mol. The third kappa shape index (κ3) is 4.04. The largest absolute Gasteiger partial charge is 0.461 e. The van der Waals surface area contributed by atoms with Crippen LogP contribution in [0.3, 0.4) is 0 Å². The Labute approximate surface area is 157 Å². The Morgan fingerprint density at radius 1 is 1.11 bits per heavy atom. The molecule has 0 unspecified atom stereocenters. The zero-order valence-electron chi connectivity index (χ0n) is 14.9. The Morgan fingerprint density at radius 2 is 1.89 bits per heavy atom. The summed E-state index contributed by atoms with van der Waals surface area (Å²) in [7, 11) is 0. The van der Waals surface area contributed by atoms with Crippen LogP contribution in [0.2, 0.25) is 0 Å². The van der Waals surface area contributed by atoms with Gasteiger partial charge in [-0.3, -0.25) is 19.3 Å². The molecule has 2 aromatic rings. The first-order valence-corrected chi connectivity index (χ1v) is 8.61. The van der Waals surface area contributed by atoms with Crippen molar-refractivity contribution in [1.82, 2.24) is 4.90 Å². The van der Waals surface area contributed by atoms with E-state index in [1.165, 1.54) is 4.90 Å². The highest BCUT2D eigenvalue weighted by Crippen LogP contribution is 2.24. The molecule has 0 saturated carbocycles. The Balaban J connectivity index is 1.48. The summed E-state index contributed by atoms with van der Waals surface area (Å²) in [6.45, 7) is 2.12. The van der Waals surface area contributed by atoms with Gasteiger partial charge in [0.05, 0.1) is 22.8 Å². The molecule has 2 amide bonds. The van der Waals surface area contributed by atoms with Crippen LogP contribution in [0.5, 0.6) is 0 Å². The molecule has 0 fully saturated rings. The molecule has 0 aromatic heterocycles. The second kappa shape index (κ2) is 7.83. The molecule has 1 aliphatic heterocycles. The second-order valence-electron chi connectivity index (χ2n) is 6.39. The van der Waals surface area contributed by atoms with Gasteiger partial charge in [0.25, 0.3) is 11.8 Å². The Hall–Kier alpha value is -3.46. The predicted molar refractivity (Wildman–Crippen MR) is 96.7 cm³/mol. The highest BCUT2D eigenvalue weighted by Gasteiger charge is 2.34. The minimum atomic E-state index is -0.412. The summed E-state index contributed by atoms with van der Waals surface area (Å²) in [5.41, 5.74) is 2.98. The van der Waals surface area contributed by atoms with Crippen molar-refractivity contribution in [3.05, 3.63) is 70.3 Å². The fraction of sp³-hybridized carbons (Fsp3) is 0.238. The Kier molecular flexibility index (Phi) is 5.32. The van der Waals surface area contributed by atoms with Crippen LogP contribution in [0.1, 0.15) is 50.2 Å². The van der Waals surface area contributed by atoms with E-state index < -0.39 is 5.97 Å². The normalized spacial score (nSPS) is 12.7. The number of nitrogens with zero attached hydrogens (tertiary/aromatic N) is 2. The van der Waals surface area contributed by atoms with Crippen molar-refractivity contribution < 1.29 is 19.1 Å². The van der Waals surface area contributed by atoms with Gasteiger partial charge in [-0.25, -0.2) is 0 Å². The second-order valence-corrected chi connectivity index (χ2v) is 6.39. The fourth-order valence-corrected chi connectivity index (χ4v) is 2.96. The molecule has 6 nitrogen and oxygen atoms in total. The number of benzene rings is 2. The highest BCUT2D eigenvalue weighted by molar-refractivity contribution is 6.21. The molecule has 0 spiro atoms. The minimum Gasteiger partial charge on any atom is -0.461 e. The molecule has 0 radical (unpaired) electrons. The van der Waals surface area contributed by atoms with Crippen molar-refractivity contribution in [3.8, 4) is 6.07 Å². The van der Waals surface area contributed by atoms with E-state index in [9.17, 15) is 14.4 Å². The number of esters is 1. The van der Waals surface area contributed by atoms with Crippen LogP contribution in [0, 0.1) is 18.3 Å². The van der Waals surface area contributed by atoms with Gasteiger partial charge in [-0.05, 0) is 43.2 Å². The fourth-order valence-electron chi connectivity index (χ4n) is 2.96. The summed E-state index contributed by atoms with van der Waals surface area (Å²) in [4.78, 5) is 37.8. The van der Waals surface area contributed by atoms with Gasteiger partial charge in [-0.15, -0.1) is 0 Å².